The molecule has 140 valence electrons. The quantitative estimate of drug-likeness (QED) is 0.719. The fourth-order valence-electron chi connectivity index (χ4n) is 6.69. The van der Waals surface area contributed by atoms with Gasteiger partial charge in [-0.3, -0.25) is 9.59 Å². The van der Waals surface area contributed by atoms with Crippen LogP contribution < -0.4 is 0 Å². The molecule has 0 aromatic carbocycles. The number of carbonyl (C=O) groups excluding carboxylic acids is 2. The molecule has 0 amide bonds. The molecule has 0 unspecified atom stereocenters. The van der Waals surface area contributed by atoms with Gasteiger partial charge in [0.25, 0.3) is 0 Å². The lowest BCUT2D eigenvalue weighted by atomic mass is 9.47. The highest BCUT2D eigenvalue weighted by Gasteiger charge is 2.67. The van der Waals surface area contributed by atoms with Crippen LogP contribution in [-0.2, 0) is 9.59 Å². The Morgan fingerprint density at radius 3 is 2.65 bits per heavy atom. The van der Waals surface area contributed by atoms with Crippen LogP contribution in [0.3, 0.4) is 0 Å². The molecule has 0 saturated heterocycles. The number of Topliss-reactive ketones (excluding diaryl/α,β-unsaturated/α-hetero) is 1. The Labute approximate surface area is 154 Å². The van der Waals surface area contributed by atoms with Crippen molar-refractivity contribution in [3.05, 3.63) is 35.7 Å². The molecule has 0 aromatic heterocycles. The molecule has 0 radical (unpaired) electrons. The first-order chi connectivity index (χ1) is 12.1. The van der Waals surface area contributed by atoms with E-state index in [2.05, 4.69) is 13.5 Å². The van der Waals surface area contributed by atoms with E-state index in [1.54, 1.807) is 6.08 Å². The summed E-state index contributed by atoms with van der Waals surface area (Å²) in [5, 5.41) is 11.3. The molecular weight excluding hydrogens is 331 g/mol. The SMILES string of the molecule is C=C1C[C@H]2[C@@H]3C=C(F)C4=CC(=O)CC[C@]4(C)[C@H]3CC[C@]2(C)[C@@]1(O)C(C)=O. The van der Waals surface area contributed by atoms with Crippen molar-refractivity contribution in [1.82, 2.24) is 0 Å². The van der Waals surface area contributed by atoms with Gasteiger partial charge in [-0.15, -0.1) is 0 Å². The smallest absolute Gasteiger partial charge is 0.166 e. The van der Waals surface area contributed by atoms with Crippen LogP contribution in [0.2, 0.25) is 0 Å². The van der Waals surface area contributed by atoms with Crippen molar-refractivity contribution in [2.45, 2.75) is 58.5 Å². The van der Waals surface area contributed by atoms with Crippen LogP contribution in [0.4, 0.5) is 4.39 Å². The predicted octanol–water partition coefficient (Wildman–Crippen LogP) is 4.08. The van der Waals surface area contributed by atoms with Gasteiger partial charge in [0, 0.05) is 11.8 Å². The molecule has 6 atom stereocenters. The molecule has 4 heteroatoms. The molecule has 0 aromatic rings. The molecule has 3 nitrogen and oxygen atoms in total. The molecule has 4 aliphatic rings. The molecule has 0 spiro atoms. The van der Waals surface area contributed by atoms with E-state index in [1.807, 2.05) is 6.92 Å². The van der Waals surface area contributed by atoms with Crippen molar-refractivity contribution in [1.29, 1.82) is 0 Å². The molecule has 1 N–H and O–H groups in total. The Balaban J connectivity index is 1.83. The number of allylic oxidation sites excluding steroid dienone is 4. The van der Waals surface area contributed by atoms with Gasteiger partial charge in [0.05, 0.1) is 0 Å². The van der Waals surface area contributed by atoms with E-state index in [1.165, 1.54) is 13.0 Å². The van der Waals surface area contributed by atoms with E-state index in [0.29, 0.717) is 36.8 Å². The highest BCUT2D eigenvalue weighted by Crippen LogP contribution is 2.68. The predicted molar refractivity (Wildman–Crippen MR) is 96.8 cm³/mol. The number of ketones is 2. The standard InChI is InChI=1S/C22H27FO3/c1-12-9-17-15-11-19(23)18-10-14(25)5-7-20(18,3)16(15)6-8-21(17,4)22(12,26)13(2)24/h10-11,15-17,26H,1,5-9H2,2-4H3/t15-,16+,17+,20-,21+,22+/m1/s1. The average molecular weight is 358 g/mol. The molecule has 0 bridgehead atoms. The number of hydrogen-bond donors (Lipinski definition) is 1. The van der Waals surface area contributed by atoms with Crippen LogP contribution in [0.15, 0.2) is 35.7 Å². The summed E-state index contributed by atoms with van der Waals surface area (Å²) >= 11 is 0. The molecule has 0 heterocycles. The van der Waals surface area contributed by atoms with Gasteiger partial charge >= 0.3 is 0 Å². The molecule has 2 fully saturated rings. The van der Waals surface area contributed by atoms with Crippen molar-refractivity contribution in [2.24, 2.45) is 28.6 Å². The first-order valence-corrected chi connectivity index (χ1v) is 9.60. The van der Waals surface area contributed by atoms with E-state index in [-0.39, 0.29) is 40.6 Å². The van der Waals surface area contributed by atoms with Gasteiger partial charge in [-0.05, 0) is 79.1 Å². The van der Waals surface area contributed by atoms with Gasteiger partial charge < -0.3 is 5.11 Å². The van der Waals surface area contributed by atoms with E-state index in [9.17, 15) is 14.7 Å². The minimum Gasteiger partial charge on any atom is -0.377 e. The lowest BCUT2D eigenvalue weighted by molar-refractivity contribution is -0.151. The third kappa shape index (κ3) is 1.91. The second kappa shape index (κ2) is 5.25. The van der Waals surface area contributed by atoms with E-state index >= 15 is 4.39 Å². The largest absolute Gasteiger partial charge is 0.377 e. The van der Waals surface area contributed by atoms with Crippen molar-refractivity contribution >= 4 is 11.6 Å². The van der Waals surface area contributed by atoms with Crippen LogP contribution in [0.1, 0.15) is 52.9 Å². The second-order valence-electron chi connectivity index (χ2n) is 9.28. The Kier molecular flexibility index (Phi) is 3.60. The maximum atomic E-state index is 15.0. The molecule has 2 saturated carbocycles. The fraction of sp³-hybridized carbons (Fsp3) is 0.636. The Hall–Kier alpha value is -1.55. The summed E-state index contributed by atoms with van der Waals surface area (Å²) in [6.45, 7) is 9.50. The summed E-state index contributed by atoms with van der Waals surface area (Å²) in [6.07, 6.45) is 6.36. The maximum absolute atomic E-state index is 15.0. The topological polar surface area (TPSA) is 54.4 Å². The van der Waals surface area contributed by atoms with Gasteiger partial charge in [0.15, 0.2) is 11.6 Å². The second-order valence-corrected chi connectivity index (χ2v) is 9.28. The maximum Gasteiger partial charge on any atom is 0.166 e. The number of carbonyl (C=O) groups is 2. The van der Waals surface area contributed by atoms with Crippen LogP contribution >= 0.6 is 0 Å². The summed E-state index contributed by atoms with van der Waals surface area (Å²) in [6, 6.07) is 0. The van der Waals surface area contributed by atoms with Gasteiger partial charge in [0.1, 0.15) is 11.4 Å². The first kappa shape index (κ1) is 17.8. The highest BCUT2D eigenvalue weighted by molar-refractivity contribution is 5.92. The Morgan fingerprint density at radius 1 is 1.31 bits per heavy atom. The third-order valence-corrected chi connectivity index (χ3v) is 8.26. The summed E-state index contributed by atoms with van der Waals surface area (Å²) in [5.74, 6) is -0.392. The summed E-state index contributed by atoms with van der Waals surface area (Å²) in [5.41, 5.74) is -1.37. The van der Waals surface area contributed by atoms with Gasteiger partial charge in [-0.25, -0.2) is 4.39 Å². The Morgan fingerprint density at radius 2 is 2.00 bits per heavy atom. The summed E-state index contributed by atoms with van der Waals surface area (Å²) < 4.78 is 15.0. The van der Waals surface area contributed by atoms with Crippen LogP contribution in [-0.4, -0.2) is 22.3 Å². The van der Waals surface area contributed by atoms with E-state index < -0.39 is 11.0 Å². The van der Waals surface area contributed by atoms with Gasteiger partial charge in [-0.2, -0.15) is 0 Å². The molecule has 4 aliphatic carbocycles. The molecule has 0 aliphatic heterocycles. The number of fused-ring (bicyclic) bond motifs is 5. The average Bonchev–Trinajstić information content (AvgIpc) is 2.78. The lowest BCUT2D eigenvalue weighted by Gasteiger charge is -2.56. The van der Waals surface area contributed by atoms with E-state index in [4.69, 9.17) is 0 Å². The highest BCUT2D eigenvalue weighted by atomic mass is 19.1. The minimum atomic E-state index is -1.52. The first-order valence-electron chi connectivity index (χ1n) is 9.60. The fourth-order valence-corrected chi connectivity index (χ4v) is 6.69. The van der Waals surface area contributed by atoms with Crippen LogP contribution in [0, 0.1) is 28.6 Å². The number of rotatable bonds is 1. The zero-order chi connectivity index (χ0) is 19.1. The number of hydrogen-bond acceptors (Lipinski definition) is 3. The van der Waals surface area contributed by atoms with Crippen molar-refractivity contribution in [3.8, 4) is 0 Å². The lowest BCUT2D eigenvalue weighted by Crippen LogP contribution is -2.57. The third-order valence-electron chi connectivity index (χ3n) is 8.26. The number of halogens is 1. The van der Waals surface area contributed by atoms with Crippen LogP contribution in [0.5, 0.6) is 0 Å². The normalized spacial score (nSPS) is 47.5. The van der Waals surface area contributed by atoms with Crippen LogP contribution in [0.25, 0.3) is 0 Å². The minimum absolute atomic E-state index is 0.000298. The monoisotopic (exact) mass is 358 g/mol. The van der Waals surface area contributed by atoms with Crippen molar-refractivity contribution in [2.75, 3.05) is 0 Å². The van der Waals surface area contributed by atoms with E-state index in [0.717, 1.165) is 6.42 Å². The van der Waals surface area contributed by atoms with Crippen molar-refractivity contribution in [3.63, 3.8) is 0 Å². The summed E-state index contributed by atoms with van der Waals surface area (Å²) in [4.78, 5) is 24.2. The molecular formula is C22H27FO3. The number of aliphatic hydroxyl groups is 1. The van der Waals surface area contributed by atoms with Gasteiger partial charge in [-0.1, -0.05) is 20.4 Å². The molecule has 26 heavy (non-hydrogen) atoms. The van der Waals surface area contributed by atoms with Crippen molar-refractivity contribution < 1.29 is 19.1 Å². The zero-order valence-electron chi connectivity index (χ0n) is 15.8. The molecule has 4 rings (SSSR count). The Bertz CT molecular complexity index is 793. The summed E-state index contributed by atoms with van der Waals surface area (Å²) in [7, 11) is 0. The van der Waals surface area contributed by atoms with Gasteiger partial charge in [0.2, 0.25) is 0 Å². The zero-order valence-corrected chi connectivity index (χ0v) is 15.8.